The Labute approximate surface area is 171 Å². The second kappa shape index (κ2) is 9.63. The molecule has 152 valence electrons. The third-order valence-electron chi connectivity index (χ3n) is 5.26. The molecule has 1 aromatic carbocycles. The van der Waals surface area contributed by atoms with E-state index < -0.39 is 0 Å². The zero-order valence-corrected chi connectivity index (χ0v) is 18.0. The maximum Gasteiger partial charge on any atom is 0.186 e. The van der Waals surface area contributed by atoms with Gasteiger partial charge in [0.2, 0.25) is 0 Å². The number of rotatable bonds is 9. The third-order valence-corrected chi connectivity index (χ3v) is 6.38. The van der Waals surface area contributed by atoms with Gasteiger partial charge in [0.25, 0.3) is 0 Å². The second-order valence-corrected chi connectivity index (χ2v) is 8.24. The maximum absolute atomic E-state index is 12.6. The van der Waals surface area contributed by atoms with Gasteiger partial charge in [0.05, 0.1) is 12.8 Å². The van der Waals surface area contributed by atoms with Crippen LogP contribution in [0, 0.1) is 0 Å². The molecule has 2 aromatic rings. The predicted molar refractivity (Wildman–Crippen MR) is 116 cm³/mol. The molecule has 5 nitrogen and oxygen atoms in total. The molecule has 1 aliphatic heterocycles. The fourth-order valence-corrected chi connectivity index (χ4v) is 4.79. The number of methoxy groups -OCH3 is 2. The smallest absolute Gasteiger partial charge is 0.186 e. The summed E-state index contributed by atoms with van der Waals surface area (Å²) in [5, 5.41) is 3.09. The molecule has 0 spiro atoms. The number of nitrogens with one attached hydrogen (secondary N) is 1. The Morgan fingerprint density at radius 2 is 2.11 bits per heavy atom. The Morgan fingerprint density at radius 3 is 2.79 bits per heavy atom. The molecular formula is C22H30N2O3S. The van der Waals surface area contributed by atoms with Crippen molar-refractivity contribution in [3.8, 4) is 17.0 Å². The first kappa shape index (κ1) is 21.0. The topological polar surface area (TPSA) is 52.5 Å². The van der Waals surface area contributed by atoms with Crippen molar-refractivity contribution in [3.05, 3.63) is 45.7 Å². The molecule has 6 heteroatoms. The van der Waals surface area contributed by atoms with Crippen molar-refractivity contribution in [2.24, 2.45) is 0 Å². The van der Waals surface area contributed by atoms with Crippen LogP contribution in [0.3, 0.4) is 0 Å². The van der Waals surface area contributed by atoms with Crippen LogP contribution in [0.2, 0.25) is 0 Å². The first-order valence-electron chi connectivity index (χ1n) is 9.85. The molecule has 0 radical (unpaired) electrons. The number of thioether (sulfide) groups is 1. The fourth-order valence-electron chi connectivity index (χ4n) is 3.79. The van der Waals surface area contributed by atoms with Crippen LogP contribution < -0.4 is 15.5 Å². The summed E-state index contributed by atoms with van der Waals surface area (Å²) in [6.45, 7) is 3.56. The molecule has 1 atom stereocenters. The molecule has 0 saturated carbocycles. The summed E-state index contributed by atoms with van der Waals surface area (Å²) in [6.07, 6.45) is 5.03. The minimum Gasteiger partial charge on any atom is -0.496 e. The standard InChI is InChI=1S/C22H30N2O3S/c1-5-17-9-15-10-22(28-8-6-7-26-3)21(27-4)11-18(15)19-12-20(25)16(13-23-2)14-24(17)19/h10-12,14,17,23H,5-9,13H2,1-4H3. The summed E-state index contributed by atoms with van der Waals surface area (Å²) in [5.74, 6) is 1.86. The van der Waals surface area contributed by atoms with E-state index in [0.717, 1.165) is 59.1 Å². The quantitative estimate of drug-likeness (QED) is 0.510. The van der Waals surface area contributed by atoms with E-state index in [1.807, 2.05) is 13.2 Å². The highest BCUT2D eigenvalue weighted by atomic mass is 32.2. The summed E-state index contributed by atoms with van der Waals surface area (Å²) in [4.78, 5) is 13.8. The normalized spacial score (nSPS) is 15.2. The van der Waals surface area contributed by atoms with Crippen LogP contribution in [-0.4, -0.2) is 38.2 Å². The molecule has 0 fully saturated rings. The lowest BCUT2D eigenvalue weighted by molar-refractivity contribution is 0.200. The van der Waals surface area contributed by atoms with Crippen molar-refractivity contribution in [2.75, 3.05) is 33.6 Å². The highest BCUT2D eigenvalue weighted by molar-refractivity contribution is 7.99. The molecule has 1 unspecified atom stereocenters. The highest BCUT2D eigenvalue weighted by Gasteiger charge is 2.25. The lowest BCUT2D eigenvalue weighted by Crippen LogP contribution is -2.25. The van der Waals surface area contributed by atoms with Gasteiger partial charge in [0, 0.05) is 60.3 Å². The predicted octanol–water partition coefficient (Wildman–Crippen LogP) is 3.88. The van der Waals surface area contributed by atoms with E-state index in [0.29, 0.717) is 12.6 Å². The van der Waals surface area contributed by atoms with Crippen LogP contribution in [-0.2, 0) is 17.7 Å². The fraction of sp³-hybridized carbons (Fsp3) is 0.500. The van der Waals surface area contributed by atoms with E-state index in [2.05, 4.69) is 28.9 Å². The van der Waals surface area contributed by atoms with Crippen LogP contribution in [0.1, 0.15) is 36.9 Å². The van der Waals surface area contributed by atoms with Crippen LogP contribution >= 0.6 is 11.8 Å². The average molecular weight is 403 g/mol. The number of hydrogen-bond donors (Lipinski definition) is 1. The van der Waals surface area contributed by atoms with Crippen molar-refractivity contribution >= 4 is 11.8 Å². The minimum absolute atomic E-state index is 0.0836. The number of hydrogen-bond acceptors (Lipinski definition) is 5. The first-order valence-corrected chi connectivity index (χ1v) is 10.8. The molecule has 28 heavy (non-hydrogen) atoms. The van der Waals surface area contributed by atoms with Crippen molar-refractivity contribution in [1.29, 1.82) is 0 Å². The largest absolute Gasteiger partial charge is 0.496 e. The Balaban J connectivity index is 2.03. The monoisotopic (exact) mass is 402 g/mol. The summed E-state index contributed by atoms with van der Waals surface area (Å²) in [5.41, 5.74) is 4.29. The van der Waals surface area contributed by atoms with E-state index in [1.165, 1.54) is 5.56 Å². The van der Waals surface area contributed by atoms with Gasteiger partial charge in [-0.2, -0.15) is 0 Å². The molecule has 0 saturated heterocycles. The van der Waals surface area contributed by atoms with Crippen molar-refractivity contribution in [3.63, 3.8) is 0 Å². The Morgan fingerprint density at radius 1 is 1.29 bits per heavy atom. The van der Waals surface area contributed by atoms with Crippen LogP contribution in [0.5, 0.6) is 5.75 Å². The minimum atomic E-state index is 0.0836. The molecule has 1 aromatic heterocycles. The van der Waals surface area contributed by atoms with Gasteiger partial charge in [-0.15, -0.1) is 11.8 Å². The molecule has 3 rings (SSSR count). The van der Waals surface area contributed by atoms with Crippen LogP contribution in [0.4, 0.5) is 0 Å². The molecular weight excluding hydrogens is 372 g/mol. The summed E-state index contributed by atoms with van der Waals surface area (Å²) in [6, 6.07) is 6.50. The van der Waals surface area contributed by atoms with E-state index in [-0.39, 0.29) is 5.43 Å². The Hall–Kier alpha value is -1.76. The van der Waals surface area contributed by atoms with Gasteiger partial charge in [-0.1, -0.05) is 6.92 Å². The number of nitrogens with zero attached hydrogens (tertiary/aromatic N) is 1. The average Bonchev–Trinajstić information content (AvgIpc) is 2.71. The van der Waals surface area contributed by atoms with Crippen molar-refractivity contribution < 1.29 is 9.47 Å². The van der Waals surface area contributed by atoms with Gasteiger partial charge in [-0.3, -0.25) is 4.79 Å². The van der Waals surface area contributed by atoms with Crippen molar-refractivity contribution in [1.82, 2.24) is 9.88 Å². The number of pyridine rings is 1. The molecule has 0 amide bonds. The summed E-state index contributed by atoms with van der Waals surface area (Å²) >= 11 is 1.80. The molecule has 1 N–H and O–H groups in total. The SMILES string of the molecule is CCC1Cc2cc(SCCCOC)c(OC)cc2-c2cc(=O)c(CNC)cn21. The van der Waals surface area contributed by atoms with Gasteiger partial charge in [-0.25, -0.2) is 0 Å². The first-order chi connectivity index (χ1) is 13.6. The van der Waals surface area contributed by atoms with Crippen LogP contribution in [0.15, 0.2) is 34.1 Å². The number of ether oxygens (including phenoxy) is 2. The van der Waals surface area contributed by atoms with Gasteiger partial charge < -0.3 is 19.4 Å². The van der Waals surface area contributed by atoms with E-state index in [4.69, 9.17) is 9.47 Å². The molecule has 2 heterocycles. The molecule has 1 aliphatic rings. The second-order valence-electron chi connectivity index (χ2n) is 7.11. The summed E-state index contributed by atoms with van der Waals surface area (Å²) < 4.78 is 13.1. The maximum atomic E-state index is 12.6. The highest BCUT2D eigenvalue weighted by Crippen LogP contribution is 2.41. The Kier molecular flexibility index (Phi) is 7.21. The van der Waals surface area contributed by atoms with E-state index in [1.54, 1.807) is 32.0 Å². The van der Waals surface area contributed by atoms with Crippen molar-refractivity contribution in [2.45, 2.75) is 43.7 Å². The molecule has 0 aliphatic carbocycles. The van der Waals surface area contributed by atoms with Crippen LogP contribution in [0.25, 0.3) is 11.3 Å². The lowest BCUT2D eigenvalue weighted by Gasteiger charge is -2.31. The van der Waals surface area contributed by atoms with Gasteiger partial charge in [0.1, 0.15) is 5.75 Å². The lowest BCUT2D eigenvalue weighted by atomic mass is 9.91. The molecule has 0 bridgehead atoms. The van der Waals surface area contributed by atoms with E-state index in [9.17, 15) is 4.79 Å². The Bertz CT molecular complexity index is 879. The van der Waals surface area contributed by atoms with Gasteiger partial charge in [0.15, 0.2) is 5.43 Å². The zero-order valence-electron chi connectivity index (χ0n) is 17.2. The van der Waals surface area contributed by atoms with Gasteiger partial charge >= 0.3 is 0 Å². The third kappa shape index (κ3) is 4.29. The number of fused-ring (bicyclic) bond motifs is 3. The van der Waals surface area contributed by atoms with E-state index >= 15 is 0 Å². The zero-order chi connectivity index (χ0) is 20.1. The summed E-state index contributed by atoms with van der Waals surface area (Å²) in [7, 11) is 5.31. The van der Waals surface area contributed by atoms with Gasteiger partial charge in [-0.05, 0) is 44.0 Å². The number of benzene rings is 1. The number of aromatic nitrogens is 1.